The zero-order chi connectivity index (χ0) is 20.4. The highest BCUT2D eigenvalue weighted by Crippen LogP contribution is 2.32. The minimum atomic E-state index is -0.488. The second kappa shape index (κ2) is 8.04. The average molecular weight is 412 g/mol. The van der Waals surface area contributed by atoms with Crippen molar-refractivity contribution < 1.29 is 18.4 Å². The fraction of sp³-hybridized carbons (Fsp3) is 0.200. The van der Waals surface area contributed by atoms with Gasteiger partial charge in [0.25, 0.3) is 5.91 Å². The van der Waals surface area contributed by atoms with Gasteiger partial charge in [0, 0.05) is 29.1 Å². The Hall–Kier alpha value is -3.20. The maximum Gasteiger partial charge on any atom is 0.322 e. The quantitative estimate of drug-likeness (QED) is 0.643. The Bertz CT molecular complexity index is 1040. The molecule has 7 nitrogen and oxygen atoms in total. The number of benzene rings is 2. The molecule has 2 aromatic carbocycles. The number of hydrogen-bond donors (Lipinski definition) is 1. The van der Waals surface area contributed by atoms with E-state index in [-0.39, 0.29) is 35.7 Å². The number of amides is 2. The highest BCUT2D eigenvalue weighted by Gasteiger charge is 2.35. The second-order valence-corrected chi connectivity index (χ2v) is 7.39. The van der Waals surface area contributed by atoms with E-state index >= 15 is 0 Å². The summed E-state index contributed by atoms with van der Waals surface area (Å²) in [5.41, 5.74) is 1.08. The van der Waals surface area contributed by atoms with Crippen LogP contribution in [0.15, 0.2) is 57.8 Å². The van der Waals surface area contributed by atoms with Gasteiger partial charge in [-0.25, -0.2) is 4.39 Å². The molecule has 1 unspecified atom stereocenters. The van der Waals surface area contributed by atoms with Gasteiger partial charge in [0.2, 0.25) is 11.8 Å². The molecule has 1 aliphatic rings. The van der Waals surface area contributed by atoms with Crippen LogP contribution in [-0.2, 0) is 4.79 Å². The van der Waals surface area contributed by atoms with Crippen LogP contribution in [0, 0.1) is 5.82 Å². The van der Waals surface area contributed by atoms with Gasteiger partial charge in [-0.3, -0.25) is 14.9 Å². The van der Waals surface area contributed by atoms with Gasteiger partial charge >= 0.3 is 6.01 Å². The molecule has 0 aliphatic carbocycles. The van der Waals surface area contributed by atoms with Crippen molar-refractivity contribution in [2.75, 3.05) is 23.0 Å². The fourth-order valence-electron chi connectivity index (χ4n) is 3.11. The van der Waals surface area contributed by atoms with Crippen LogP contribution in [0.4, 0.5) is 16.1 Å². The van der Waals surface area contributed by atoms with Crippen molar-refractivity contribution in [1.82, 2.24) is 10.2 Å². The molecule has 0 bridgehead atoms. The van der Waals surface area contributed by atoms with E-state index in [2.05, 4.69) is 15.5 Å². The van der Waals surface area contributed by atoms with Crippen LogP contribution in [0.5, 0.6) is 0 Å². The first-order valence-corrected chi connectivity index (χ1v) is 10.1. The predicted molar refractivity (Wildman–Crippen MR) is 107 cm³/mol. The molecular formula is C20H17FN4O3S. The number of rotatable bonds is 5. The Morgan fingerprint density at radius 2 is 1.90 bits per heavy atom. The Kier molecular flexibility index (Phi) is 5.30. The topological polar surface area (TPSA) is 88.3 Å². The van der Waals surface area contributed by atoms with Crippen LogP contribution < -0.4 is 10.2 Å². The van der Waals surface area contributed by atoms with Gasteiger partial charge in [-0.15, -0.1) is 16.9 Å². The van der Waals surface area contributed by atoms with Crippen molar-refractivity contribution in [1.29, 1.82) is 0 Å². The molecule has 9 heteroatoms. The van der Waals surface area contributed by atoms with Gasteiger partial charge in [-0.05, 0) is 54.8 Å². The van der Waals surface area contributed by atoms with Crippen LogP contribution >= 0.6 is 11.8 Å². The van der Waals surface area contributed by atoms with Crippen molar-refractivity contribution >= 4 is 35.3 Å². The smallest absolute Gasteiger partial charge is 0.322 e. The summed E-state index contributed by atoms with van der Waals surface area (Å²) in [6.07, 6.45) is 2.24. The first-order chi connectivity index (χ1) is 14.0. The summed E-state index contributed by atoms with van der Waals surface area (Å²) in [5.74, 6) is -0.914. The molecule has 1 N–H and O–H groups in total. The molecule has 0 saturated carbocycles. The van der Waals surface area contributed by atoms with E-state index in [1.807, 2.05) is 30.5 Å². The van der Waals surface area contributed by atoms with Crippen LogP contribution in [-0.4, -0.2) is 34.8 Å². The monoisotopic (exact) mass is 412 g/mol. The van der Waals surface area contributed by atoms with Crippen molar-refractivity contribution in [3.63, 3.8) is 0 Å². The largest absolute Gasteiger partial charge is 0.407 e. The summed E-state index contributed by atoms with van der Waals surface area (Å²) in [4.78, 5) is 27.4. The average Bonchev–Trinajstić information content (AvgIpc) is 3.35. The molecule has 29 heavy (non-hydrogen) atoms. The number of anilines is 2. The molecule has 1 aromatic heterocycles. The van der Waals surface area contributed by atoms with Gasteiger partial charge in [0.05, 0.1) is 5.92 Å². The van der Waals surface area contributed by atoms with E-state index in [0.29, 0.717) is 6.54 Å². The van der Waals surface area contributed by atoms with Gasteiger partial charge in [-0.1, -0.05) is 5.10 Å². The number of hydrogen-bond acceptors (Lipinski definition) is 6. The Labute approximate surface area is 170 Å². The lowest BCUT2D eigenvalue weighted by molar-refractivity contribution is -0.117. The van der Waals surface area contributed by atoms with Crippen molar-refractivity contribution in [3.05, 3.63) is 65.8 Å². The third-order valence-corrected chi connectivity index (χ3v) is 5.37. The van der Waals surface area contributed by atoms with E-state index in [0.717, 1.165) is 10.6 Å². The van der Waals surface area contributed by atoms with Gasteiger partial charge in [-0.2, -0.15) is 0 Å². The molecule has 2 heterocycles. The molecule has 1 atom stereocenters. The third kappa shape index (κ3) is 4.14. The molecule has 1 fully saturated rings. The minimum absolute atomic E-state index is 0.0259. The normalized spacial score (nSPS) is 16.3. The number of aromatic nitrogens is 2. The van der Waals surface area contributed by atoms with Gasteiger partial charge in [0.15, 0.2) is 0 Å². The lowest BCUT2D eigenvalue weighted by Crippen LogP contribution is -2.24. The SMILES string of the molecule is CSc1ccc(N2CC(c3nnc(NC(=O)c4ccc(F)cc4)o3)CC2=O)cc1. The second-order valence-electron chi connectivity index (χ2n) is 6.51. The molecule has 1 saturated heterocycles. The van der Waals surface area contributed by atoms with Crippen molar-refractivity contribution in [2.24, 2.45) is 0 Å². The summed E-state index contributed by atoms with van der Waals surface area (Å²) in [5, 5.41) is 10.3. The number of thioether (sulfide) groups is 1. The lowest BCUT2D eigenvalue weighted by Gasteiger charge is -2.16. The Morgan fingerprint density at radius 3 is 2.59 bits per heavy atom. The molecule has 0 radical (unpaired) electrons. The lowest BCUT2D eigenvalue weighted by atomic mass is 10.1. The van der Waals surface area contributed by atoms with Crippen LogP contribution in [0.25, 0.3) is 0 Å². The molecule has 4 rings (SSSR count). The van der Waals surface area contributed by atoms with Crippen LogP contribution in [0.3, 0.4) is 0 Å². The van der Waals surface area contributed by atoms with Crippen LogP contribution in [0.1, 0.15) is 28.6 Å². The molecule has 148 valence electrons. The van der Waals surface area contributed by atoms with Gasteiger partial charge < -0.3 is 9.32 Å². The first-order valence-electron chi connectivity index (χ1n) is 8.88. The Morgan fingerprint density at radius 1 is 1.17 bits per heavy atom. The summed E-state index contributed by atoms with van der Waals surface area (Å²) >= 11 is 1.64. The van der Waals surface area contributed by atoms with Crippen molar-refractivity contribution in [3.8, 4) is 0 Å². The Balaban J connectivity index is 1.43. The fourth-order valence-corrected chi connectivity index (χ4v) is 3.51. The highest BCUT2D eigenvalue weighted by atomic mass is 32.2. The van der Waals surface area contributed by atoms with E-state index in [9.17, 15) is 14.0 Å². The van der Waals surface area contributed by atoms with E-state index in [1.165, 1.54) is 24.3 Å². The molecular weight excluding hydrogens is 395 g/mol. The van der Waals surface area contributed by atoms with Gasteiger partial charge in [0.1, 0.15) is 5.82 Å². The summed E-state index contributed by atoms with van der Waals surface area (Å²) < 4.78 is 18.5. The zero-order valence-corrected chi connectivity index (χ0v) is 16.3. The number of carbonyl (C=O) groups excluding carboxylic acids is 2. The number of nitrogens with one attached hydrogen (secondary N) is 1. The summed E-state index contributed by atoms with van der Waals surface area (Å²) in [6.45, 7) is 0.422. The number of nitrogens with zero attached hydrogens (tertiary/aromatic N) is 3. The maximum absolute atomic E-state index is 13.0. The number of carbonyl (C=O) groups is 2. The molecule has 1 aliphatic heterocycles. The third-order valence-electron chi connectivity index (χ3n) is 4.63. The first kappa shape index (κ1) is 19.1. The molecule has 3 aromatic rings. The standard InChI is InChI=1S/C20H17FN4O3S/c1-29-16-8-6-15(7-9-16)25-11-13(10-17(25)26)19-23-24-20(28-19)22-18(27)12-2-4-14(21)5-3-12/h2-9,13H,10-11H2,1H3,(H,22,24,27). The summed E-state index contributed by atoms with van der Waals surface area (Å²) in [7, 11) is 0. The van der Waals surface area contributed by atoms with E-state index < -0.39 is 11.7 Å². The maximum atomic E-state index is 13.0. The van der Waals surface area contributed by atoms with E-state index in [4.69, 9.17) is 4.42 Å². The zero-order valence-electron chi connectivity index (χ0n) is 15.5. The van der Waals surface area contributed by atoms with E-state index in [1.54, 1.807) is 16.7 Å². The predicted octanol–water partition coefficient (Wildman–Crippen LogP) is 3.70. The van der Waals surface area contributed by atoms with Crippen LogP contribution in [0.2, 0.25) is 0 Å². The summed E-state index contributed by atoms with van der Waals surface area (Å²) in [6, 6.07) is 12.8. The molecule has 0 spiro atoms. The highest BCUT2D eigenvalue weighted by molar-refractivity contribution is 7.98. The number of halogens is 1. The minimum Gasteiger partial charge on any atom is -0.407 e. The molecule has 2 amide bonds. The van der Waals surface area contributed by atoms with Crippen molar-refractivity contribution in [2.45, 2.75) is 17.2 Å².